The largest absolute Gasteiger partial charge is 0.323 e. The molecule has 0 radical (unpaired) electrons. The van der Waals surface area contributed by atoms with Gasteiger partial charge in [0.15, 0.2) is 0 Å². The van der Waals surface area contributed by atoms with Crippen LogP contribution < -0.4 is 10.6 Å². The van der Waals surface area contributed by atoms with E-state index >= 15 is 0 Å². The predicted molar refractivity (Wildman–Crippen MR) is 97.1 cm³/mol. The van der Waals surface area contributed by atoms with E-state index in [1.807, 2.05) is 56.3 Å². The van der Waals surface area contributed by atoms with Crippen molar-refractivity contribution in [1.29, 1.82) is 0 Å². The molecule has 122 valence electrons. The quantitative estimate of drug-likeness (QED) is 0.720. The number of carbonyl (C=O) groups is 1. The van der Waals surface area contributed by atoms with Crippen molar-refractivity contribution in [3.05, 3.63) is 71.0 Å². The number of halogens is 1. The van der Waals surface area contributed by atoms with Crippen molar-refractivity contribution in [3.8, 4) is 5.69 Å². The minimum absolute atomic E-state index is 0.281. The van der Waals surface area contributed by atoms with Crippen LogP contribution in [0, 0.1) is 13.8 Å². The highest BCUT2D eigenvalue weighted by atomic mass is 35.5. The maximum Gasteiger partial charge on any atom is 0.323 e. The maximum atomic E-state index is 12.1. The van der Waals surface area contributed by atoms with Crippen LogP contribution in [0.3, 0.4) is 0 Å². The number of anilines is 2. The van der Waals surface area contributed by atoms with Gasteiger partial charge in [0, 0.05) is 17.6 Å². The molecule has 0 aliphatic heterocycles. The van der Waals surface area contributed by atoms with Crippen LogP contribution >= 0.6 is 11.6 Å². The lowest BCUT2D eigenvalue weighted by molar-refractivity contribution is 0.262. The van der Waals surface area contributed by atoms with Crippen molar-refractivity contribution in [2.75, 3.05) is 10.6 Å². The number of nitrogens with one attached hydrogen (secondary N) is 2. The van der Waals surface area contributed by atoms with Gasteiger partial charge in [-0.25, -0.2) is 9.48 Å². The molecule has 0 aliphatic rings. The minimum atomic E-state index is -0.281. The van der Waals surface area contributed by atoms with Gasteiger partial charge in [0.2, 0.25) is 0 Å². The SMILES string of the molecule is Cc1ccc(NC(=O)Nc2ccc(-n3cc(Cl)cn3)cc2)c(C)c1. The molecule has 2 aromatic carbocycles. The standard InChI is InChI=1S/C18H17ClN4O/c1-12-3-8-17(13(2)9-12)22-18(24)21-15-4-6-16(7-5-15)23-11-14(19)10-20-23/h3-11H,1-2H3,(H2,21,22,24). The number of amides is 2. The van der Waals surface area contributed by atoms with Crippen molar-refractivity contribution in [2.24, 2.45) is 0 Å². The van der Waals surface area contributed by atoms with Crippen molar-refractivity contribution in [1.82, 2.24) is 9.78 Å². The zero-order valence-electron chi connectivity index (χ0n) is 13.4. The third-order valence-corrected chi connectivity index (χ3v) is 3.77. The highest BCUT2D eigenvalue weighted by Gasteiger charge is 2.06. The first-order valence-corrected chi connectivity index (χ1v) is 7.85. The van der Waals surface area contributed by atoms with Crippen LogP contribution in [0.4, 0.5) is 16.2 Å². The summed E-state index contributed by atoms with van der Waals surface area (Å²) in [6.07, 6.45) is 3.29. The van der Waals surface area contributed by atoms with Crippen LogP contribution in [0.2, 0.25) is 5.02 Å². The van der Waals surface area contributed by atoms with E-state index in [0.717, 1.165) is 22.5 Å². The van der Waals surface area contributed by atoms with Crippen LogP contribution in [0.15, 0.2) is 54.9 Å². The molecule has 0 saturated heterocycles. The average molecular weight is 341 g/mol. The second-order valence-electron chi connectivity index (χ2n) is 5.55. The van der Waals surface area contributed by atoms with E-state index < -0.39 is 0 Å². The van der Waals surface area contributed by atoms with Gasteiger partial charge in [-0.3, -0.25) is 0 Å². The lowest BCUT2D eigenvalue weighted by Crippen LogP contribution is -2.20. The van der Waals surface area contributed by atoms with Gasteiger partial charge in [0.25, 0.3) is 0 Å². The third-order valence-electron chi connectivity index (χ3n) is 3.57. The molecule has 3 aromatic rings. The number of rotatable bonds is 3. The molecule has 3 rings (SSSR count). The minimum Gasteiger partial charge on any atom is -0.308 e. The molecule has 6 heteroatoms. The first-order valence-electron chi connectivity index (χ1n) is 7.47. The first-order chi connectivity index (χ1) is 11.5. The Morgan fingerprint density at radius 2 is 1.83 bits per heavy atom. The Labute approximate surface area is 145 Å². The molecular weight excluding hydrogens is 324 g/mol. The molecular formula is C18H17ClN4O. The highest BCUT2D eigenvalue weighted by molar-refractivity contribution is 6.30. The molecule has 0 atom stereocenters. The first kappa shape index (κ1) is 16.1. The van der Waals surface area contributed by atoms with Gasteiger partial charge in [-0.2, -0.15) is 5.10 Å². The Morgan fingerprint density at radius 3 is 2.46 bits per heavy atom. The lowest BCUT2D eigenvalue weighted by atomic mass is 10.1. The smallest absolute Gasteiger partial charge is 0.308 e. The molecule has 2 amide bonds. The zero-order valence-corrected chi connectivity index (χ0v) is 14.1. The van der Waals surface area contributed by atoms with Gasteiger partial charge in [-0.05, 0) is 49.7 Å². The summed E-state index contributed by atoms with van der Waals surface area (Å²) in [6, 6.07) is 12.9. The number of hydrogen-bond acceptors (Lipinski definition) is 2. The maximum absolute atomic E-state index is 12.1. The number of aromatic nitrogens is 2. The monoisotopic (exact) mass is 340 g/mol. The number of aryl methyl sites for hydroxylation is 2. The summed E-state index contributed by atoms with van der Waals surface area (Å²) < 4.78 is 1.67. The van der Waals surface area contributed by atoms with Gasteiger partial charge in [-0.1, -0.05) is 29.3 Å². The van der Waals surface area contributed by atoms with Crippen molar-refractivity contribution < 1.29 is 4.79 Å². The molecule has 0 fully saturated rings. The molecule has 24 heavy (non-hydrogen) atoms. The number of hydrogen-bond donors (Lipinski definition) is 2. The van der Waals surface area contributed by atoms with E-state index in [4.69, 9.17) is 11.6 Å². The number of carbonyl (C=O) groups excluding carboxylic acids is 1. The van der Waals surface area contributed by atoms with Crippen LogP contribution in [-0.4, -0.2) is 15.8 Å². The summed E-state index contributed by atoms with van der Waals surface area (Å²) in [5, 5.41) is 10.4. The summed E-state index contributed by atoms with van der Waals surface area (Å²) in [6.45, 7) is 3.98. The molecule has 1 aromatic heterocycles. The van der Waals surface area contributed by atoms with Crippen LogP contribution in [0.25, 0.3) is 5.69 Å². The number of urea groups is 1. The fourth-order valence-electron chi connectivity index (χ4n) is 2.38. The molecule has 5 nitrogen and oxygen atoms in total. The van der Waals surface area contributed by atoms with E-state index in [-0.39, 0.29) is 6.03 Å². The van der Waals surface area contributed by atoms with Gasteiger partial charge in [0.05, 0.1) is 16.9 Å². The van der Waals surface area contributed by atoms with Gasteiger partial charge >= 0.3 is 6.03 Å². The van der Waals surface area contributed by atoms with Gasteiger partial charge in [0.1, 0.15) is 0 Å². The molecule has 0 saturated carbocycles. The van der Waals surface area contributed by atoms with E-state index in [0.29, 0.717) is 10.7 Å². The van der Waals surface area contributed by atoms with Crippen LogP contribution in [0.1, 0.15) is 11.1 Å². The second-order valence-corrected chi connectivity index (χ2v) is 5.98. The Morgan fingerprint density at radius 1 is 1.08 bits per heavy atom. The summed E-state index contributed by atoms with van der Waals surface area (Å²) in [4.78, 5) is 12.1. The molecule has 0 spiro atoms. The molecule has 0 bridgehead atoms. The summed E-state index contributed by atoms with van der Waals surface area (Å²) in [5.74, 6) is 0. The molecule has 0 aliphatic carbocycles. The molecule has 0 unspecified atom stereocenters. The number of nitrogens with zero attached hydrogens (tertiary/aromatic N) is 2. The summed E-state index contributed by atoms with van der Waals surface area (Å²) in [5.41, 5.74) is 4.53. The van der Waals surface area contributed by atoms with Gasteiger partial charge in [-0.15, -0.1) is 0 Å². The van der Waals surface area contributed by atoms with Crippen molar-refractivity contribution in [2.45, 2.75) is 13.8 Å². The summed E-state index contributed by atoms with van der Waals surface area (Å²) >= 11 is 5.86. The van der Waals surface area contributed by atoms with E-state index in [1.54, 1.807) is 17.1 Å². The Balaban J connectivity index is 1.66. The second kappa shape index (κ2) is 6.76. The van der Waals surface area contributed by atoms with Crippen molar-refractivity contribution >= 4 is 29.0 Å². The normalized spacial score (nSPS) is 10.5. The fraction of sp³-hybridized carbons (Fsp3) is 0.111. The molecule has 2 N–H and O–H groups in total. The third kappa shape index (κ3) is 3.75. The van der Waals surface area contributed by atoms with E-state index in [1.165, 1.54) is 0 Å². The van der Waals surface area contributed by atoms with E-state index in [9.17, 15) is 4.79 Å². The average Bonchev–Trinajstić information content (AvgIpc) is 2.97. The van der Waals surface area contributed by atoms with Crippen LogP contribution in [-0.2, 0) is 0 Å². The zero-order chi connectivity index (χ0) is 17.1. The van der Waals surface area contributed by atoms with Crippen LogP contribution in [0.5, 0.6) is 0 Å². The Hall–Kier alpha value is -2.79. The van der Waals surface area contributed by atoms with Crippen molar-refractivity contribution in [3.63, 3.8) is 0 Å². The predicted octanol–water partition coefficient (Wildman–Crippen LogP) is 4.79. The lowest BCUT2D eigenvalue weighted by Gasteiger charge is -2.11. The fourth-order valence-corrected chi connectivity index (χ4v) is 2.51. The molecule has 1 heterocycles. The van der Waals surface area contributed by atoms with E-state index in [2.05, 4.69) is 15.7 Å². The topological polar surface area (TPSA) is 59.0 Å². The summed E-state index contributed by atoms with van der Waals surface area (Å²) in [7, 11) is 0. The highest BCUT2D eigenvalue weighted by Crippen LogP contribution is 2.18. The Bertz CT molecular complexity index is 871. The Kier molecular flexibility index (Phi) is 4.53. The van der Waals surface area contributed by atoms with Gasteiger partial charge < -0.3 is 10.6 Å². The number of benzene rings is 2.